The summed E-state index contributed by atoms with van der Waals surface area (Å²) in [6, 6.07) is 0.0346. The number of nitrogens with zero attached hydrogens (tertiary/aromatic N) is 3. The summed E-state index contributed by atoms with van der Waals surface area (Å²) >= 11 is 0. The van der Waals surface area contributed by atoms with Gasteiger partial charge in [-0.05, 0) is 12.8 Å². The molecular formula is C10H17N3O3S. The van der Waals surface area contributed by atoms with Crippen LogP contribution < -0.4 is 0 Å². The molecule has 17 heavy (non-hydrogen) atoms. The maximum absolute atomic E-state index is 12.3. The second kappa shape index (κ2) is 4.75. The summed E-state index contributed by atoms with van der Waals surface area (Å²) < 4.78 is 27.5. The fourth-order valence-electron chi connectivity index (χ4n) is 1.94. The Hall–Kier alpha value is -0.920. The van der Waals surface area contributed by atoms with Crippen molar-refractivity contribution in [1.29, 1.82) is 0 Å². The van der Waals surface area contributed by atoms with Gasteiger partial charge in [0.25, 0.3) is 0 Å². The van der Waals surface area contributed by atoms with Gasteiger partial charge >= 0.3 is 0 Å². The van der Waals surface area contributed by atoms with Crippen molar-refractivity contribution in [3.8, 4) is 0 Å². The van der Waals surface area contributed by atoms with Gasteiger partial charge in [0, 0.05) is 25.8 Å². The third-order valence-corrected chi connectivity index (χ3v) is 4.99. The molecule has 0 bridgehead atoms. The Balaban J connectivity index is 2.27. The first-order chi connectivity index (χ1) is 8.05. The van der Waals surface area contributed by atoms with Crippen molar-refractivity contribution in [3.63, 3.8) is 0 Å². The summed E-state index contributed by atoms with van der Waals surface area (Å²) in [4.78, 5) is 0.195. The smallest absolute Gasteiger partial charge is 0.246 e. The normalized spacial score (nSPS) is 17.4. The van der Waals surface area contributed by atoms with E-state index in [1.807, 2.05) is 0 Å². The van der Waals surface area contributed by atoms with E-state index in [0.717, 1.165) is 19.3 Å². The quantitative estimate of drug-likeness (QED) is 0.805. The number of hydrogen-bond donors (Lipinski definition) is 1. The van der Waals surface area contributed by atoms with Gasteiger partial charge in [0.05, 0.1) is 12.8 Å². The number of hydrogen-bond acceptors (Lipinski definition) is 4. The number of rotatable bonds is 5. The van der Waals surface area contributed by atoms with Crippen LogP contribution in [0.2, 0.25) is 0 Å². The second-order valence-corrected chi connectivity index (χ2v) is 6.16. The molecule has 1 aromatic rings. The van der Waals surface area contributed by atoms with Gasteiger partial charge in [0.2, 0.25) is 10.0 Å². The third kappa shape index (κ3) is 2.36. The molecule has 1 N–H and O–H groups in total. The predicted octanol–water partition coefficient (Wildman–Crippen LogP) is -0.0444. The number of aliphatic hydroxyl groups excluding tert-OH is 1. The minimum absolute atomic E-state index is 0.0346. The van der Waals surface area contributed by atoms with Gasteiger partial charge in [-0.25, -0.2) is 8.42 Å². The summed E-state index contributed by atoms with van der Waals surface area (Å²) in [7, 11) is -1.83. The first kappa shape index (κ1) is 12.5. The Morgan fingerprint density at radius 3 is 2.71 bits per heavy atom. The zero-order valence-electron chi connectivity index (χ0n) is 9.78. The second-order valence-electron chi connectivity index (χ2n) is 4.27. The van der Waals surface area contributed by atoms with Gasteiger partial charge in [0.1, 0.15) is 4.90 Å². The predicted molar refractivity (Wildman–Crippen MR) is 61.8 cm³/mol. The summed E-state index contributed by atoms with van der Waals surface area (Å²) in [5.74, 6) is 0. The molecule has 1 aliphatic rings. The van der Waals surface area contributed by atoms with Crippen molar-refractivity contribution in [2.24, 2.45) is 7.05 Å². The highest BCUT2D eigenvalue weighted by molar-refractivity contribution is 7.89. The molecule has 0 unspecified atom stereocenters. The largest absolute Gasteiger partial charge is 0.395 e. The molecule has 0 aliphatic heterocycles. The van der Waals surface area contributed by atoms with E-state index in [0.29, 0.717) is 0 Å². The van der Waals surface area contributed by atoms with E-state index in [4.69, 9.17) is 5.11 Å². The molecule has 7 heteroatoms. The average Bonchev–Trinajstić information content (AvgIpc) is 2.62. The Labute approximate surface area is 101 Å². The maximum Gasteiger partial charge on any atom is 0.246 e. The summed E-state index contributed by atoms with van der Waals surface area (Å²) in [6.07, 6.45) is 5.63. The topological polar surface area (TPSA) is 75.4 Å². The van der Waals surface area contributed by atoms with Crippen LogP contribution in [-0.4, -0.2) is 46.8 Å². The number of sulfonamides is 1. The lowest BCUT2D eigenvalue weighted by Crippen LogP contribution is -2.45. The van der Waals surface area contributed by atoms with Crippen LogP contribution >= 0.6 is 0 Å². The van der Waals surface area contributed by atoms with Crippen molar-refractivity contribution < 1.29 is 13.5 Å². The highest BCUT2D eigenvalue weighted by atomic mass is 32.2. The molecule has 1 aromatic heterocycles. The lowest BCUT2D eigenvalue weighted by atomic mass is 9.93. The standard InChI is InChI=1S/C10H17N3O3S/c1-12-8-10(7-11-12)17(15,16)13(5-6-14)9-3-2-4-9/h7-9,14H,2-6H2,1H3. The molecule has 6 nitrogen and oxygen atoms in total. The van der Waals surface area contributed by atoms with E-state index in [2.05, 4.69) is 5.10 Å². The van der Waals surface area contributed by atoms with Crippen LogP contribution in [0.25, 0.3) is 0 Å². The average molecular weight is 259 g/mol. The van der Waals surface area contributed by atoms with E-state index in [1.54, 1.807) is 7.05 Å². The Bertz CT molecular complexity index is 479. The van der Waals surface area contributed by atoms with E-state index < -0.39 is 10.0 Å². The van der Waals surface area contributed by atoms with Crippen molar-refractivity contribution in [3.05, 3.63) is 12.4 Å². The van der Waals surface area contributed by atoms with Crippen LogP contribution in [-0.2, 0) is 17.1 Å². The molecule has 0 spiro atoms. The van der Waals surface area contributed by atoms with E-state index >= 15 is 0 Å². The summed E-state index contributed by atoms with van der Waals surface area (Å²) in [5, 5.41) is 12.9. The minimum atomic E-state index is -3.51. The van der Waals surface area contributed by atoms with E-state index in [1.165, 1.54) is 21.4 Å². The first-order valence-corrected chi connectivity index (χ1v) is 7.11. The Morgan fingerprint density at radius 2 is 2.29 bits per heavy atom. The van der Waals surface area contributed by atoms with Crippen molar-refractivity contribution in [1.82, 2.24) is 14.1 Å². The molecule has 2 rings (SSSR count). The van der Waals surface area contributed by atoms with Crippen LogP contribution in [0, 0.1) is 0 Å². The SMILES string of the molecule is Cn1cc(S(=O)(=O)N(CCO)C2CCC2)cn1. The Kier molecular flexibility index (Phi) is 3.50. The van der Waals surface area contributed by atoms with Gasteiger partial charge in [0.15, 0.2) is 0 Å². The fraction of sp³-hybridized carbons (Fsp3) is 0.700. The first-order valence-electron chi connectivity index (χ1n) is 5.67. The molecule has 96 valence electrons. The molecule has 0 aromatic carbocycles. The highest BCUT2D eigenvalue weighted by Crippen LogP contribution is 2.29. The van der Waals surface area contributed by atoms with Crippen LogP contribution in [0.3, 0.4) is 0 Å². The van der Waals surface area contributed by atoms with Crippen LogP contribution in [0.15, 0.2) is 17.3 Å². The van der Waals surface area contributed by atoms with Gasteiger partial charge in [-0.15, -0.1) is 0 Å². The lowest BCUT2D eigenvalue weighted by Gasteiger charge is -2.35. The van der Waals surface area contributed by atoms with Crippen molar-refractivity contribution >= 4 is 10.0 Å². The maximum atomic E-state index is 12.3. The summed E-state index contributed by atoms with van der Waals surface area (Å²) in [5.41, 5.74) is 0. The number of aliphatic hydroxyl groups is 1. The van der Waals surface area contributed by atoms with Crippen LogP contribution in [0.1, 0.15) is 19.3 Å². The fourth-order valence-corrected chi connectivity index (χ4v) is 3.60. The van der Waals surface area contributed by atoms with E-state index in [-0.39, 0.29) is 24.1 Å². The summed E-state index contributed by atoms with van der Waals surface area (Å²) in [6.45, 7) is -0.00210. The molecule has 1 fully saturated rings. The van der Waals surface area contributed by atoms with Crippen molar-refractivity contribution in [2.75, 3.05) is 13.2 Å². The molecule has 0 saturated heterocycles. The zero-order chi connectivity index (χ0) is 12.5. The van der Waals surface area contributed by atoms with Gasteiger partial charge in [-0.2, -0.15) is 9.40 Å². The van der Waals surface area contributed by atoms with Crippen molar-refractivity contribution in [2.45, 2.75) is 30.2 Å². The zero-order valence-corrected chi connectivity index (χ0v) is 10.6. The monoisotopic (exact) mass is 259 g/mol. The molecule has 1 aliphatic carbocycles. The minimum Gasteiger partial charge on any atom is -0.395 e. The molecular weight excluding hydrogens is 242 g/mol. The number of aromatic nitrogens is 2. The lowest BCUT2D eigenvalue weighted by molar-refractivity contribution is 0.178. The van der Waals surface area contributed by atoms with Gasteiger partial charge < -0.3 is 5.11 Å². The number of aryl methyl sites for hydroxylation is 1. The molecule has 0 radical (unpaired) electrons. The highest BCUT2D eigenvalue weighted by Gasteiger charge is 2.34. The Morgan fingerprint density at radius 1 is 1.59 bits per heavy atom. The van der Waals surface area contributed by atoms with Crippen LogP contribution in [0.4, 0.5) is 0 Å². The van der Waals surface area contributed by atoms with Gasteiger partial charge in [-0.3, -0.25) is 4.68 Å². The van der Waals surface area contributed by atoms with Crippen LogP contribution in [0.5, 0.6) is 0 Å². The molecule has 0 atom stereocenters. The molecule has 1 heterocycles. The van der Waals surface area contributed by atoms with Gasteiger partial charge in [-0.1, -0.05) is 6.42 Å². The third-order valence-electron chi connectivity index (χ3n) is 3.09. The van der Waals surface area contributed by atoms with E-state index in [9.17, 15) is 8.42 Å². The molecule has 1 saturated carbocycles. The molecule has 0 amide bonds.